The molecule has 2 atom stereocenters. The van der Waals surface area contributed by atoms with Gasteiger partial charge in [-0.05, 0) is 60.6 Å². The molecule has 1 aromatic heterocycles. The number of carbonyl (C=O) groups is 4. The molecule has 18 nitrogen and oxygen atoms in total. The molecular weight excluding hydrogens is 803 g/mol. The van der Waals surface area contributed by atoms with Crippen molar-refractivity contribution in [3.63, 3.8) is 0 Å². The zero-order chi connectivity index (χ0) is 43.6. The van der Waals surface area contributed by atoms with Crippen molar-refractivity contribution in [3.05, 3.63) is 77.6 Å². The summed E-state index contributed by atoms with van der Waals surface area (Å²) in [5.74, 6) is -2.22. The number of carboxylic acids is 2. The lowest BCUT2D eigenvalue weighted by atomic mass is 9.92. The molecule has 2 aromatic carbocycles. The molecule has 0 spiro atoms. The number of hydrogen-bond donors (Lipinski definition) is 5. The van der Waals surface area contributed by atoms with Crippen molar-refractivity contribution >= 4 is 39.7 Å². The summed E-state index contributed by atoms with van der Waals surface area (Å²) in [5.41, 5.74) is 2.49. The van der Waals surface area contributed by atoms with E-state index in [1.54, 1.807) is 19.1 Å². The van der Waals surface area contributed by atoms with E-state index in [1.807, 2.05) is 0 Å². The van der Waals surface area contributed by atoms with E-state index in [0.29, 0.717) is 31.1 Å². The lowest BCUT2D eigenvalue weighted by Gasteiger charge is -2.14. The molecule has 0 saturated heterocycles. The Morgan fingerprint density at radius 1 is 0.700 bits per heavy atom. The summed E-state index contributed by atoms with van der Waals surface area (Å²) in [6.07, 6.45) is 7.88. The first-order chi connectivity index (χ1) is 28.8. The molecule has 0 aliphatic rings. The minimum Gasteiger partial charge on any atom is -0.493 e. The van der Waals surface area contributed by atoms with Gasteiger partial charge >= 0.3 is 11.9 Å². The Labute approximate surface area is 350 Å². The van der Waals surface area contributed by atoms with Gasteiger partial charge in [0.25, 0.3) is 15.9 Å². The SMILES string of the molecule is CC(CCCCc1ccc(CCOc2ccc(S(=O)(=O)Nc3ncc(C(=O)NCCOCCOCC(=O)NCCOCCOCC(=O)O)cn3)cc2)cc1)CC(C)C(=O)O. The number of rotatable bonds is 32. The molecule has 0 aliphatic heterocycles. The molecule has 2 amide bonds. The minimum absolute atomic E-state index is 0.0186. The van der Waals surface area contributed by atoms with Crippen molar-refractivity contribution in [1.82, 2.24) is 20.6 Å². The Bertz CT molecular complexity index is 1850. The second kappa shape index (κ2) is 27.5. The average molecular weight is 860 g/mol. The Morgan fingerprint density at radius 2 is 1.28 bits per heavy atom. The van der Waals surface area contributed by atoms with Crippen LogP contribution in [0.3, 0.4) is 0 Å². The van der Waals surface area contributed by atoms with Crippen LogP contribution in [0.1, 0.15) is 61.0 Å². The maximum atomic E-state index is 12.9. The predicted molar refractivity (Wildman–Crippen MR) is 219 cm³/mol. The lowest BCUT2D eigenvalue weighted by molar-refractivity contribution is -0.143. The topological polar surface area (TPSA) is 251 Å². The fourth-order valence-electron chi connectivity index (χ4n) is 5.61. The van der Waals surface area contributed by atoms with Crippen molar-refractivity contribution in [2.24, 2.45) is 11.8 Å². The number of nitrogens with one attached hydrogen (secondary N) is 3. The zero-order valence-electron chi connectivity index (χ0n) is 34.1. The lowest BCUT2D eigenvalue weighted by Crippen LogP contribution is -2.31. The number of hydrogen-bond acceptors (Lipinski definition) is 13. The van der Waals surface area contributed by atoms with Gasteiger partial charge in [-0.2, -0.15) is 0 Å². The fraction of sp³-hybridized carbons (Fsp3) is 0.512. The van der Waals surface area contributed by atoms with Crippen LogP contribution in [0.15, 0.2) is 65.8 Å². The summed E-state index contributed by atoms with van der Waals surface area (Å²) in [7, 11) is -4.02. The highest BCUT2D eigenvalue weighted by molar-refractivity contribution is 7.92. The number of anilines is 1. The van der Waals surface area contributed by atoms with E-state index in [0.717, 1.165) is 31.2 Å². The molecule has 0 bridgehead atoms. The molecule has 3 aromatic rings. The van der Waals surface area contributed by atoms with Gasteiger partial charge in [0.1, 0.15) is 19.0 Å². The third kappa shape index (κ3) is 20.7. The van der Waals surface area contributed by atoms with Crippen LogP contribution in [0.2, 0.25) is 0 Å². The highest BCUT2D eigenvalue weighted by Crippen LogP contribution is 2.20. The van der Waals surface area contributed by atoms with Gasteiger partial charge in [0, 0.05) is 31.9 Å². The van der Waals surface area contributed by atoms with Crippen molar-refractivity contribution in [2.75, 3.05) is 77.3 Å². The molecule has 5 N–H and O–H groups in total. The third-order valence-corrected chi connectivity index (χ3v) is 10.2. The Balaban J connectivity index is 1.25. The van der Waals surface area contributed by atoms with Crippen LogP contribution in [0, 0.1) is 11.8 Å². The molecule has 0 saturated carbocycles. The molecule has 330 valence electrons. The molecule has 1 heterocycles. The fourth-order valence-corrected chi connectivity index (χ4v) is 6.57. The number of aromatic nitrogens is 2. The standard InChI is InChI=1S/C41H57N5O13S/c1-30(25-31(2)40(51)52)5-3-4-6-32-7-9-33(10-8-32)15-18-59-35-11-13-36(14-12-35)60(53,54)46-41-44-26-34(27-45-41)39(50)43-17-20-56-21-23-57-28-37(47)42-16-19-55-22-24-58-29-38(48)49/h7-14,26-27,30-31H,3-6,15-25,28-29H2,1-2H3,(H,42,47)(H,43,50)(H,48,49)(H,51,52)(H,44,45,46). The van der Waals surface area contributed by atoms with Crippen molar-refractivity contribution < 1.29 is 61.5 Å². The normalized spacial score (nSPS) is 12.3. The molecule has 19 heteroatoms. The van der Waals surface area contributed by atoms with E-state index >= 15 is 0 Å². The van der Waals surface area contributed by atoms with Gasteiger partial charge in [0.2, 0.25) is 11.9 Å². The quantitative estimate of drug-likeness (QED) is 0.0565. The number of amides is 2. The molecule has 3 rings (SSSR count). The van der Waals surface area contributed by atoms with E-state index in [-0.39, 0.29) is 87.6 Å². The summed E-state index contributed by atoms with van der Waals surface area (Å²) >= 11 is 0. The van der Waals surface area contributed by atoms with Crippen molar-refractivity contribution in [2.45, 2.75) is 57.3 Å². The zero-order valence-corrected chi connectivity index (χ0v) is 35.0. The number of aliphatic carboxylic acids is 2. The summed E-state index contributed by atoms with van der Waals surface area (Å²) in [4.78, 5) is 53.5. The van der Waals surface area contributed by atoms with Gasteiger partial charge in [0.05, 0.1) is 62.6 Å². The first-order valence-electron chi connectivity index (χ1n) is 19.8. The summed E-state index contributed by atoms with van der Waals surface area (Å²) in [6, 6.07) is 14.4. The minimum atomic E-state index is -4.02. The Hall–Kier alpha value is -5.21. The molecule has 60 heavy (non-hydrogen) atoms. The molecule has 2 unspecified atom stereocenters. The van der Waals surface area contributed by atoms with Gasteiger partial charge in [0.15, 0.2) is 0 Å². The van der Waals surface area contributed by atoms with Gasteiger partial charge in [-0.25, -0.2) is 27.9 Å². The second-order valence-corrected chi connectivity index (χ2v) is 15.6. The van der Waals surface area contributed by atoms with Gasteiger partial charge in [-0.3, -0.25) is 14.4 Å². The molecule has 0 radical (unpaired) electrons. The highest BCUT2D eigenvalue weighted by atomic mass is 32.2. The van der Waals surface area contributed by atoms with Gasteiger partial charge in [-0.15, -0.1) is 0 Å². The smallest absolute Gasteiger partial charge is 0.329 e. The largest absolute Gasteiger partial charge is 0.493 e. The van der Waals surface area contributed by atoms with Gasteiger partial charge in [-0.1, -0.05) is 51.0 Å². The first kappa shape index (κ1) is 49.2. The number of benzene rings is 2. The number of nitrogens with zero attached hydrogens (tertiary/aromatic N) is 2. The summed E-state index contributed by atoms with van der Waals surface area (Å²) in [6.45, 7) is 5.24. The van der Waals surface area contributed by atoms with Crippen LogP contribution in [0.4, 0.5) is 5.95 Å². The highest BCUT2D eigenvalue weighted by Gasteiger charge is 2.17. The van der Waals surface area contributed by atoms with E-state index in [1.165, 1.54) is 30.1 Å². The Morgan fingerprint density at radius 3 is 1.90 bits per heavy atom. The van der Waals surface area contributed by atoms with Crippen molar-refractivity contribution in [1.29, 1.82) is 0 Å². The van der Waals surface area contributed by atoms with Crippen LogP contribution < -0.4 is 20.1 Å². The average Bonchev–Trinajstić information content (AvgIpc) is 3.22. The number of sulfonamides is 1. The summed E-state index contributed by atoms with van der Waals surface area (Å²) < 4.78 is 54.7. The van der Waals surface area contributed by atoms with E-state index in [9.17, 15) is 27.6 Å². The van der Waals surface area contributed by atoms with E-state index in [2.05, 4.69) is 56.5 Å². The second-order valence-electron chi connectivity index (χ2n) is 13.9. The first-order valence-corrected chi connectivity index (χ1v) is 21.3. The van der Waals surface area contributed by atoms with Crippen LogP contribution in [-0.2, 0) is 56.2 Å². The molecule has 0 aliphatic carbocycles. The van der Waals surface area contributed by atoms with Crippen LogP contribution >= 0.6 is 0 Å². The maximum Gasteiger partial charge on any atom is 0.329 e. The third-order valence-electron chi connectivity index (χ3n) is 8.85. The molecule has 0 fully saturated rings. The predicted octanol–water partition coefficient (Wildman–Crippen LogP) is 3.36. The molecular formula is C41H57N5O13S. The monoisotopic (exact) mass is 859 g/mol. The number of aryl methyl sites for hydroxylation is 1. The van der Waals surface area contributed by atoms with Gasteiger partial charge < -0.3 is 44.5 Å². The Kier molecular flexibility index (Phi) is 22.6. The van der Waals surface area contributed by atoms with Crippen LogP contribution in [0.5, 0.6) is 5.75 Å². The van der Waals surface area contributed by atoms with E-state index < -0.39 is 34.5 Å². The number of carbonyl (C=O) groups excluding carboxylic acids is 2. The number of carboxylic acid groups (broad SMARTS) is 2. The maximum absolute atomic E-state index is 12.9. The van der Waals surface area contributed by atoms with E-state index in [4.69, 9.17) is 33.9 Å². The summed E-state index contributed by atoms with van der Waals surface area (Å²) in [5, 5.41) is 22.8. The number of unbranched alkanes of at least 4 members (excludes halogenated alkanes) is 1. The van der Waals surface area contributed by atoms with Crippen molar-refractivity contribution in [3.8, 4) is 5.75 Å². The van der Waals surface area contributed by atoms with Crippen LogP contribution in [-0.4, -0.2) is 125 Å². The number of ether oxygens (including phenoxy) is 5. The van der Waals surface area contributed by atoms with Crippen LogP contribution in [0.25, 0.3) is 0 Å².